The normalized spacial score (nSPS) is 11.6. The van der Waals surface area contributed by atoms with Gasteiger partial charge in [-0.25, -0.2) is 14.0 Å². The summed E-state index contributed by atoms with van der Waals surface area (Å²) in [5.74, 6) is -1.51. The topological polar surface area (TPSA) is 52.6 Å². The minimum Gasteiger partial charge on any atom is -0.423 e. The smallest absolute Gasteiger partial charge is 0.336 e. The lowest BCUT2D eigenvalue weighted by molar-refractivity contribution is -0.129. The van der Waals surface area contributed by atoms with Gasteiger partial charge < -0.3 is 9.47 Å². The van der Waals surface area contributed by atoms with Gasteiger partial charge in [0, 0.05) is 17.6 Å². The first-order valence-corrected chi connectivity index (χ1v) is 12.1. The van der Waals surface area contributed by atoms with Crippen LogP contribution < -0.4 is 9.47 Å². The predicted octanol–water partition coefficient (Wildman–Crippen LogP) is 7.39. The highest BCUT2D eigenvalue weighted by atomic mass is 19.1. The van der Waals surface area contributed by atoms with Crippen molar-refractivity contribution in [2.75, 3.05) is 0 Å². The predicted molar refractivity (Wildman–Crippen MR) is 147 cm³/mol. The summed E-state index contributed by atoms with van der Waals surface area (Å²) < 4.78 is 25.4. The molecule has 5 heteroatoms. The van der Waals surface area contributed by atoms with Crippen LogP contribution in [-0.2, 0) is 15.0 Å². The number of hydrogen-bond acceptors (Lipinski definition) is 4. The van der Waals surface area contributed by atoms with Crippen LogP contribution in [0, 0.1) is 5.82 Å². The minimum atomic E-state index is -0.663. The third-order valence-electron chi connectivity index (χ3n) is 6.08. The molecule has 0 heterocycles. The Balaban J connectivity index is 1.40. The van der Waals surface area contributed by atoms with Crippen molar-refractivity contribution < 1.29 is 23.5 Å². The maximum atomic E-state index is 14.9. The lowest BCUT2D eigenvalue weighted by Gasteiger charge is -2.26. The van der Waals surface area contributed by atoms with Gasteiger partial charge in [-0.1, -0.05) is 92.7 Å². The molecule has 4 aromatic rings. The fourth-order valence-corrected chi connectivity index (χ4v) is 3.83. The zero-order valence-corrected chi connectivity index (χ0v) is 21.1. The Labute approximate surface area is 221 Å². The van der Waals surface area contributed by atoms with Gasteiger partial charge in [0.1, 0.15) is 5.75 Å². The van der Waals surface area contributed by atoms with E-state index in [1.165, 1.54) is 24.3 Å². The third-order valence-corrected chi connectivity index (χ3v) is 6.08. The van der Waals surface area contributed by atoms with E-state index < -0.39 is 23.2 Å². The molecule has 0 fully saturated rings. The fourth-order valence-electron chi connectivity index (χ4n) is 3.83. The molecule has 0 radical (unpaired) electrons. The van der Waals surface area contributed by atoms with Crippen LogP contribution in [0.4, 0.5) is 4.39 Å². The standard InChI is InChI=1S/C33H27FO4/c1-33(2,26-15-18-28(19-16-26)37-31(35)21-13-24-9-5-3-6-10-24)27-17-20-30(29(34)23-27)38-32(36)22-14-25-11-7-4-8-12-25/h3-23H,1-2H3. The summed E-state index contributed by atoms with van der Waals surface area (Å²) in [5, 5.41) is 0. The molecule has 0 amide bonds. The van der Waals surface area contributed by atoms with Crippen molar-refractivity contribution in [3.63, 3.8) is 0 Å². The molecule has 4 rings (SSSR count). The lowest BCUT2D eigenvalue weighted by atomic mass is 9.78. The molecule has 4 nitrogen and oxygen atoms in total. The molecule has 0 atom stereocenters. The van der Waals surface area contributed by atoms with Gasteiger partial charge >= 0.3 is 11.9 Å². The molecule has 0 aliphatic heterocycles. The van der Waals surface area contributed by atoms with E-state index in [1.807, 2.05) is 86.6 Å². The van der Waals surface area contributed by atoms with E-state index in [2.05, 4.69) is 0 Å². The summed E-state index contributed by atoms with van der Waals surface area (Å²) in [5.41, 5.74) is 2.77. The van der Waals surface area contributed by atoms with Crippen molar-refractivity contribution in [1.82, 2.24) is 0 Å². The highest BCUT2D eigenvalue weighted by Crippen LogP contribution is 2.34. The van der Waals surface area contributed by atoms with E-state index in [4.69, 9.17) is 9.47 Å². The van der Waals surface area contributed by atoms with E-state index in [0.717, 1.165) is 16.7 Å². The Morgan fingerprint density at radius 3 is 1.68 bits per heavy atom. The van der Waals surface area contributed by atoms with E-state index in [-0.39, 0.29) is 5.75 Å². The number of benzene rings is 4. The second-order valence-electron chi connectivity index (χ2n) is 9.12. The van der Waals surface area contributed by atoms with E-state index >= 15 is 0 Å². The number of rotatable bonds is 8. The summed E-state index contributed by atoms with van der Waals surface area (Å²) in [4.78, 5) is 24.3. The van der Waals surface area contributed by atoms with E-state index in [1.54, 1.807) is 30.4 Å². The van der Waals surface area contributed by atoms with Gasteiger partial charge in [0.15, 0.2) is 11.6 Å². The molecule has 0 N–H and O–H groups in total. The van der Waals surface area contributed by atoms with E-state index in [0.29, 0.717) is 11.3 Å². The average molecular weight is 507 g/mol. The number of hydrogen-bond donors (Lipinski definition) is 0. The van der Waals surface area contributed by atoms with Crippen molar-refractivity contribution in [3.05, 3.63) is 143 Å². The molecule has 190 valence electrons. The summed E-state index contributed by atoms with van der Waals surface area (Å²) in [6.45, 7) is 3.92. The first kappa shape index (κ1) is 26.3. The highest BCUT2D eigenvalue weighted by molar-refractivity contribution is 5.89. The zero-order chi connectivity index (χ0) is 27.0. The summed E-state index contributed by atoms with van der Waals surface area (Å²) in [6, 6.07) is 30.4. The first-order chi connectivity index (χ1) is 18.3. The Morgan fingerprint density at radius 2 is 1.16 bits per heavy atom. The first-order valence-electron chi connectivity index (χ1n) is 12.1. The summed E-state index contributed by atoms with van der Waals surface area (Å²) in [7, 11) is 0. The van der Waals surface area contributed by atoms with Crippen molar-refractivity contribution in [3.8, 4) is 11.5 Å². The summed E-state index contributed by atoms with van der Waals surface area (Å²) in [6.07, 6.45) is 5.94. The molecule has 0 saturated carbocycles. The molecule has 0 aliphatic rings. The van der Waals surface area contributed by atoms with Crippen molar-refractivity contribution in [2.45, 2.75) is 19.3 Å². The minimum absolute atomic E-state index is 0.141. The highest BCUT2D eigenvalue weighted by Gasteiger charge is 2.25. The van der Waals surface area contributed by atoms with Crippen LogP contribution in [0.5, 0.6) is 11.5 Å². The maximum Gasteiger partial charge on any atom is 0.336 e. The fraction of sp³-hybridized carbons (Fsp3) is 0.0909. The Hall–Kier alpha value is -4.77. The number of halogens is 1. The molecule has 38 heavy (non-hydrogen) atoms. The third kappa shape index (κ3) is 6.92. The molecule has 0 aromatic heterocycles. The number of esters is 2. The van der Waals surface area contributed by atoms with Crippen LogP contribution in [0.3, 0.4) is 0 Å². The second kappa shape index (κ2) is 12.0. The van der Waals surface area contributed by atoms with Crippen molar-refractivity contribution >= 4 is 24.1 Å². The quantitative estimate of drug-likeness (QED) is 0.142. The number of carbonyl (C=O) groups excluding carboxylic acids is 2. The molecule has 0 saturated heterocycles. The van der Waals surface area contributed by atoms with Gasteiger partial charge in [-0.05, 0) is 58.7 Å². The van der Waals surface area contributed by atoms with E-state index in [9.17, 15) is 14.0 Å². The second-order valence-corrected chi connectivity index (χ2v) is 9.12. The largest absolute Gasteiger partial charge is 0.423 e. The van der Waals surface area contributed by atoms with Crippen molar-refractivity contribution in [1.29, 1.82) is 0 Å². The van der Waals surface area contributed by atoms with Crippen LogP contribution >= 0.6 is 0 Å². The Bertz CT molecular complexity index is 1450. The van der Waals surface area contributed by atoms with Gasteiger partial charge in [-0.15, -0.1) is 0 Å². The Morgan fingerprint density at radius 1 is 0.658 bits per heavy atom. The monoisotopic (exact) mass is 506 g/mol. The summed E-state index contributed by atoms with van der Waals surface area (Å²) >= 11 is 0. The molecule has 0 bridgehead atoms. The zero-order valence-electron chi connectivity index (χ0n) is 21.1. The van der Waals surface area contributed by atoms with Crippen LogP contribution in [0.25, 0.3) is 12.2 Å². The molecule has 0 unspecified atom stereocenters. The Kier molecular flexibility index (Phi) is 8.29. The lowest BCUT2D eigenvalue weighted by Crippen LogP contribution is -2.19. The van der Waals surface area contributed by atoms with Crippen LogP contribution in [0.15, 0.2) is 115 Å². The van der Waals surface area contributed by atoms with Crippen LogP contribution in [0.2, 0.25) is 0 Å². The maximum absolute atomic E-state index is 14.9. The van der Waals surface area contributed by atoms with Crippen LogP contribution in [0.1, 0.15) is 36.1 Å². The van der Waals surface area contributed by atoms with Gasteiger partial charge in [0.05, 0.1) is 0 Å². The van der Waals surface area contributed by atoms with Crippen molar-refractivity contribution in [2.24, 2.45) is 0 Å². The van der Waals surface area contributed by atoms with Crippen LogP contribution in [-0.4, -0.2) is 11.9 Å². The van der Waals surface area contributed by atoms with Gasteiger partial charge in [0.25, 0.3) is 0 Å². The molecule has 4 aromatic carbocycles. The number of ether oxygens (including phenoxy) is 2. The van der Waals surface area contributed by atoms with Gasteiger partial charge in [0.2, 0.25) is 0 Å². The molecular weight excluding hydrogens is 479 g/mol. The molecule has 0 aliphatic carbocycles. The number of carbonyl (C=O) groups is 2. The average Bonchev–Trinajstić information content (AvgIpc) is 2.93. The SMILES string of the molecule is CC(C)(c1ccc(OC(=O)C=Cc2ccccc2)cc1)c1ccc(OC(=O)C=Cc2ccccc2)c(F)c1. The molecular formula is C33H27FO4. The molecule has 0 spiro atoms. The van der Waals surface area contributed by atoms with Gasteiger partial charge in [-0.2, -0.15) is 0 Å². The van der Waals surface area contributed by atoms with Gasteiger partial charge in [-0.3, -0.25) is 0 Å².